The number of hydrazine groups is 1. The van der Waals surface area contributed by atoms with Gasteiger partial charge in [-0.1, -0.05) is 20.3 Å². The highest BCUT2D eigenvalue weighted by Gasteiger charge is 2.08. The first-order valence-electron chi connectivity index (χ1n) is 7.20. The molecule has 1 heterocycles. The molecule has 1 unspecified atom stereocenters. The normalized spacial score (nSPS) is 12.4. The molecule has 114 valence electrons. The smallest absolute Gasteiger partial charge is 0.144 e. The van der Waals surface area contributed by atoms with Crippen molar-refractivity contribution < 1.29 is 4.74 Å². The van der Waals surface area contributed by atoms with E-state index < -0.39 is 0 Å². The molecule has 1 aromatic carbocycles. The number of rotatable bonds is 7. The number of ether oxygens (including phenoxy) is 1. The zero-order valence-electron chi connectivity index (χ0n) is 12.8. The summed E-state index contributed by atoms with van der Waals surface area (Å²) in [6.45, 7) is 4.50. The van der Waals surface area contributed by atoms with E-state index in [9.17, 15) is 0 Å². The van der Waals surface area contributed by atoms with Gasteiger partial charge in [0.05, 0.1) is 12.6 Å². The number of nitrogen functional groups attached to an aromatic ring is 1. The first-order chi connectivity index (χ1) is 10.2. The summed E-state index contributed by atoms with van der Waals surface area (Å²) in [5.41, 5.74) is 4.74. The monoisotopic (exact) mass is 305 g/mol. The van der Waals surface area contributed by atoms with Crippen LogP contribution in [0, 0.1) is 5.92 Å². The lowest BCUT2D eigenvalue weighted by atomic mass is 10.1. The number of thioether (sulfide) groups is 1. The zero-order valence-corrected chi connectivity index (χ0v) is 13.7. The van der Waals surface area contributed by atoms with Gasteiger partial charge in [-0.25, -0.2) is 10.8 Å². The van der Waals surface area contributed by atoms with Crippen molar-refractivity contribution in [2.75, 3.05) is 18.3 Å². The Bertz CT molecular complexity index is 603. The van der Waals surface area contributed by atoms with Gasteiger partial charge in [0.2, 0.25) is 0 Å². The predicted molar refractivity (Wildman–Crippen MR) is 91.7 cm³/mol. The molecule has 1 atom stereocenters. The number of nitrogens with one attached hydrogen (secondary N) is 1. The van der Waals surface area contributed by atoms with E-state index in [1.165, 1.54) is 6.42 Å². The molecule has 1 aromatic heterocycles. The summed E-state index contributed by atoms with van der Waals surface area (Å²) in [4.78, 5) is 4.59. The van der Waals surface area contributed by atoms with Crippen LogP contribution in [0.25, 0.3) is 10.9 Å². The molecule has 0 spiro atoms. The Hall–Kier alpha value is -1.46. The van der Waals surface area contributed by atoms with Crippen LogP contribution < -0.4 is 16.0 Å². The Balaban J connectivity index is 2.22. The van der Waals surface area contributed by atoms with Crippen molar-refractivity contribution in [2.45, 2.75) is 26.0 Å². The van der Waals surface area contributed by atoms with Crippen LogP contribution in [0.1, 0.15) is 25.8 Å². The van der Waals surface area contributed by atoms with Gasteiger partial charge < -0.3 is 10.2 Å². The van der Waals surface area contributed by atoms with E-state index in [2.05, 4.69) is 30.3 Å². The summed E-state index contributed by atoms with van der Waals surface area (Å²) >= 11 is 1.92. The van der Waals surface area contributed by atoms with Crippen LogP contribution in [0.2, 0.25) is 0 Å². The fraction of sp³-hybridized carbons (Fsp3) is 0.438. The largest absolute Gasteiger partial charge is 0.497 e. The molecular weight excluding hydrogens is 282 g/mol. The van der Waals surface area contributed by atoms with Crippen LogP contribution in [-0.2, 0) is 5.75 Å². The highest BCUT2D eigenvalue weighted by atomic mass is 32.2. The second-order valence-corrected chi connectivity index (χ2v) is 6.26. The second-order valence-electron chi connectivity index (χ2n) is 5.23. The van der Waals surface area contributed by atoms with Crippen molar-refractivity contribution in [3.05, 3.63) is 29.8 Å². The third-order valence-corrected chi connectivity index (χ3v) is 4.92. The van der Waals surface area contributed by atoms with Crippen LogP contribution in [-0.4, -0.2) is 17.8 Å². The third-order valence-electron chi connectivity index (χ3n) is 3.60. The number of nitrogens with zero attached hydrogens (tertiary/aromatic N) is 1. The molecule has 0 aliphatic heterocycles. The van der Waals surface area contributed by atoms with E-state index in [1.54, 1.807) is 7.11 Å². The zero-order chi connectivity index (χ0) is 15.2. The van der Waals surface area contributed by atoms with Crippen LogP contribution in [0.3, 0.4) is 0 Å². The van der Waals surface area contributed by atoms with E-state index >= 15 is 0 Å². The average molecular weight is 305 g/mol. The van der Waals surface area contributed by atoms with Crippen molar-refractivity contribution in [1.29, 1.82) is 0 Å². The molecule has 0 amide bonds. The minimum absolute atomic E-state index is 0.738. The predicted octanol–water partition coefficient (Wildman–Crippen LogP) is 3.81. The molecule has 5 heteroatoms. The molecule has 0 radical (unpaired) electrons. The Kier molecular flexibility index (Phi) is 5.70. The lowest BCUT2D eigenvalue weighted by Crippen LogP contribution is -2.11. The SMILES string of the molecule is CCC(C)CSCc1cc2ccc(OC)cc2nc1NN. The van der Waals surface area contributed by atoms with Crippen molar-refractivity contribution in [3.63, 3.8) is 0 Å². The minimum Gasteiger partial charge on any atom is -0.497 e. The first kappa shape index (κ1) is 15.9. The van der Waals surface area contributed by atoms with Crippen LogP contribution in [0.15, 0.2) is 24.3 Å². The van der Waals surface area contributed by atoms with Crippen LogP contribution >= 0.6 is 11.8 Å². The van der Waals surface area contributed by atoms with Gasteiger partial charge in [-0.05, 0) is 29.9 Å². The van der Waals surface area contributed by atoms with Crippen molar-refractivity contribution in [3.8, 4) is 5.75 Å². The summed E-state index contributed by atoms with van der Waals surface area (Å²) < 4.78 is 5.23. The summed E-state index contributed by atoms with van der Waals surface area (Å²) in [6.07, 6.45) is 1.21. The number of pyridine rings is 1. The van der Waals surface area contributed by atoms with Crippen LogP contribution in [0.5, 0.6) is 5.75 Å². The summed E-state index contributed by atoms with van der Waals surface area (Å²) in [5.74, 6) is 9.97. The molecule has 2 aromatic rings. The van der Waals surface area contributed by atoms with E-state index in [4.69, 9.17) is 10.6 Å². The molecule has 0 fully saturated rings. The summed E-state index contributed by atoms with van der Waals surface area (Å²) in [5, 5.41) is 1.11. The lowest BCUT2D eigenvalue weighted by molar-refractivity contribution is 0.415. The van der Waals surface area contributed by atoms with E-state index in [0.717, 1.165) is 45.5 Å². The van der Waals surface area contributed by atoms with Crippen molar-refractivity contribution >= 4 is 28.5 Å². The van der Waals surface area contributed by atoms with Gasteiger partial charge in [-0.15, -0.1) is 0 Å². The Morgan fingerprint density at radius 1 is 1.38 bits per heavy atom. The third kappa shape index (κ3) is 4.02. The highest BCUT2D eigenvalue weighted by Crippen LogP contribution is 2.27. The second kappa shape index (κ2) is 7.52. The maximum absolute atomic E-state index is 5.62. The molecular formula is C16H23N3OS. The number of hydrogen-bond donors (Lipinski definition) is 2. The number of benzene rings is 1. The van der Waals surface area contributed by atoms with Gasteiger partial charge in [0.25, 0.3) is 0 Å². The topological polar surface area (TPSA) is 60.2 Å². The molecule has 4 nitrogen and oxygen atoms in total. The van der Waals surface area contributed by atoms with Crippen LogP contribution in [0.4, 0.5) is 5.82 Å². The van der Waals surface area contributed by atoms with E-state index in [1.807, 2.05) is 30.0 Å². The van der Waals surface area contributed by atoms with Gasteiger partial charge in [0, 0.05) is 22.8 Å². The average Bonchev–Trinajstić information content (AvgIpc) is 2.53. The number of nitrogens with two attached hydrogens (primary N) is 1. The Morgan fingerprint density at radius 3 is 2.86 bits per heavy atom. The van der Waals surface area contributed by atoms with Gasteiger partial charge in [0.15, 0.2) is 0 Å². The van der Waals surface area contributed by atoms with Gasteiger partial charge in [0.1, 0.15) is 11.6 Å². The fourth-order valence-corrected chi connectivity index (χ4v) is 3.24. The molecule has 2 rings (SSSR count). The standard InChI is InChI=1S/C16H23N3OS/c1-4-11(2)9-21-10-13-7-12-5-6-14(20-3)8-15(12)18-16(13)19-17/h5-8,11H,4,9-10,17H2,1-3H3,(H,18,19). The van der Waals surface area contributed by atoms with E-state index in [-0.39, 0.29) is 0 Å². The maximum Gasteiger partial charge on any atom is 0.144 e. The van der Waals surface area contributed by atoms with Crippen molar-refractivity contribution in [1.82, 2.24) is 4.98 Å². The quantitative estimate of drug-likeness (QED) is 0.602. The van der Waals surface area contributed by atoms with Crippen molar-refractivity contribution in [2.24, 2.45) is 11.8 Å². The van der Waals surface area contributed by atoms with Gasteiger partial charge in [-0.2, -0.15) is 11.8 Å². The van der Waals surface area contributed by atoms with E-state index in [0.29, 0.717) is 0 Å². The molecule has 0 aliphatic rings. The molecule has 0 aliphatic carbocycles. The molecule has 21 heavy (non-hydrogen) atoms. The summed E-state index contributed by atoms with van der Waals surface area (Å²) in [6, 6.07) is 8.06. The first-order valence-corrected chi connectivity index (χ1v) is 8.35. The molecule has 3 N–H and O–H groups in total. The number of aromatic nitrogens is 1. The van der Waals surface area contributed by atoms with Gasteiger partial charge in [-0.3, -0.25) is 0 Å². The highest BCUT2D eigenvalue weighted by molar-refractivity contribution is 7.98. The number of anilines is 1. The molecule has 0 saturated carbocycles. The van der Waals surface area contributed by atoms with Gasteiger partial charge >= 0.3 is 0 Å². The fourth-order valence-electron chi connectivity index (χ4n) is 2.04. The minimum atomic E-state index is 0.738. The number of methoxy groups -OCH3 is 1. The Labute approximate surface area is 130 Å². The number of fused-ring (bicyclic) bond motifs is 1. The number of hydrogen-bond acceptors (Lipinski definition) is 5. The molecule has 0 saturated heterocycles. The summed E-state index contributed by atoms with van der Waals surface area (Å²) in [7, 11) is 1.66. The molecule has 0 bridgehead atoms. The lowest BCUT2D eigenvalue weighted by Gasteiger charge is -2.12. The maximum atomic E-state index is 5.62. The Morgan fingerprint density at radius 2 is 2.19 bits per heavy atom.